The van der Waals surface area contributed by atoms with Crippen molar-refractivity contribution in [3.8, 4) is 33.4 Å². The molecule has 1 aliphatic heterocycles. The normalized spacial score (nSPS) is 16.7. The second-order valence-electron chi connectivity index (χ2n) is 16.9. The minimum atomic E-state index is -3.09. The van der Waals surface area contributed by atoms with Gasteiger partial charge in [-0.05, 0) is 0 Å². The predicted molar refractivity (Wildman–Crippen MR) is 243 cm³/mol. The van der Waals surface area contributed by atoms with Crippen LogP contribution in [0.3, 0.4) is 0 Å². The van der Waals surface area contributed by atoms with Crippen molar-refractivity contribution >= 4 is 35.4 Å². The van der Waals surface area contributed by atoms with Crippen molar-refractivity contribution in [1.29, 1.82) is 0 Å². The van der Waals surface area contributed by atoms with Crippen LogP contribution in [0, 0.1) is 41.5 Å². The summed E-state index contributed by atoms with van der Waals surface area (Å²) in [4.78, 5) is 0. The average Bonchev–Trinajstić information content (AvgIpc) is 3.89. The molecule has 0 bridgehead atoms. The maximum absolute atomic E-state index is 3.09. The van der Waals surface area contributed by atoms with Gasteiger partial charge in [-0.1, -0.05) is 0 Å². The van der Waals surface area contributed by atoms with Crippen molar-refractivity contribution in [1.82, 2.24) is 0 Å². The van der Waals surface area contributed by atoms with Crippen LogP contribution in [0.2, 0.25) is 0 Å². The minimum absolute atomic E-state index is 0.509. The molecule has 0 saturated heterocycles. The Bertz CT molecular complexity index is 2480. The third-order valence-corrected chi connectivity index (χ3v) is 30.5. The van der Waals surface area contributed by atoms with Crippen molar-refractivity contribution in [3.63, 3.8) is 0 Å². The molecule has 9 rings (SSSR count). The first kappa shape index (κ1) is 37.5. The third kappa shape index (κ3) is 6.01. The van der Waals surface area contributed by atoms with E-state index in [1.807, 2.05) is 3.32 Å². The molecule has 56 heavy (non-hydrogen) atoms. The number of allylic oxidation sites excluding steroid dienone is 2. The van der Waals surface area contributed by atoms with Crippen molar-refractivity contribution < 1.29 is 21.4 Å². The molecular weight excluding hydrogens is 855 g/mol. The molecule has 2 heteroatoms. The van der Waals surface area contributed by atoms with Crippen LogP contribution in [0.1, 0.15) is 103 Å². The van der Waals surface area contributed by atoms with Crippen LogP contribution in [0.5, 0.6) is 0 Å². The van der Waals surface area contributed by atoms with Gasteiger partial charge in [-0.3, -0.25) is 0 Å². The Morgan fingerprint density at radius 2 is 0.946 bits per heavy atom. The Morgan fingerprint density at radius 1 is 0.464 bits per heavy atom. The molecular formula is C54H55HfSi. The summed E-state index contributed by atoms with van der Waals surface area (Å²) in [6, 6.07) is 41.1. The zero-order valence-corrected chi connectivity index (χ0v) is 39.7. The molecule has 0 N–H and O–H groups in total. The van der Waals surface area contributed by atoms with Gasteiger partial charge in [0.15, 0.2) is 0 Å². The molecule has 0 fully saturated rings. The van der Waals surface area contributed by atoms with Crippen LogP contribution in [0.15, 0.2) is 114 Å². The van der Waals surface area contributed by atoms with Crippen molar-refractivity contribution in [2.75, 3.05) is 0 Å². The van der Waals surface area contributed by atoms with Gasteiger partial charge in [-0.2, -0.15) is 0 Å². The summed E-state index contributed by atoms with van der Waals surface area (Å²) in [7, 11) is -0.606. The van der Waals surface area contributed by atoms with Gasteiger partial charge in [0.25, 0.3) is 0 Å². The summed E-state index contributed by atoms with van der Waals surface area (Å²) in [5, 5.41) is 3.40. The van der Waals surface area contributed by atoms with Crippen LogP contribution in [0.4, 0.5) is 0 Å². The van der Waals surface area contributed by atoms with E-state index in [4.69, 9.17) is 0 Å². The fraction of sp³-hybridized carbons (Fsp3) is 0.259. The number of hydrogen-bond donors (Lipinski definition) is 0. The Morgan fingerprint density at radius 3 is 1.48 bits per heavy atom. The van der Waals surface area contributed by atoms with Crippen LogP contribution < -0.4 is 13.7 Å². The Balaban J connectivity index is 1.31. The number of hydrogen-bond acceptors (Lipinski definition) is 0. The van der Waals surface area contributed by atoms with Gasteiger partial charge in [0.1, 0.15) is 0 Å². The van der Waals surface area contributed by atoms with E-state index in [0.717, 1.165) is 0 Å². The molecule has 1 heterocycles. The first-order chi connectivity index (χ1) is 27.2. The quantitative estimate of drug-likeness (QED) is 0.127. The standard InChI is InChI=1S/2C21H23.C12H9Si.Hf/c2*1-5-7-17-12-18-8-6-9-20(21(18)13-17)19-11-10-14(2)15(3)16(19)4;1-3-7-11-9(5-1)10-6-2-4-8-12(10)13-11;/h2*6,8-13H,5,7H2,1-4H3;1-7H,13H2;. The molecule has 0 radical (unpaired) electrons. The van der Waals surface area contributed by atoms with E-state index in [9.17, 15) is 0 Å². The fourth-order valence-corrected chi connectivity index (χ4v) is 30.0. The molecule has 6 aromatic carbocycles. The number of rotatable bonds is 9. The number of benzene rings is 6. The molecule has 3 aliphatic rings. The molecule has 2 aliphatic carbocycles. The first-order valence-electron chi connectivity index (χ1n) is 21.1. The monoisotopic (exact) mass is 911 g/mol. The van der Waals surface area contributed by atoms with E-state index >= 15 is 0 Å². The van der Waals surface area contributed by atoms with E-state index in [1.54, 1.807) is 38.2 Å². The molecule has 0 aromatic heterocycles. The summed E-state index contributed by atoms with van der Waals surface area (Å²) in [5.41, 5.74) is 26.8. The molecule has 2 unspecified atom stereocenters. The van der Waals surface area contributed by atoms with E-state index < -0.39 is 31.0 Å². The third-order valence-electron chi connectivity index (χ3n) is 13.9. The van der Waals surface area contributed by atoms with Gasteiger partial charge in [-0.15, -0.1) is 0 Å². The zero-order valence-electron chi connectivity index (χ0n) is 34.7. The van der Waals surface area contributed by atoms with Gasteiger partial charge in [0.2, 0.25) is 0 Å². The Kier molecular flexibility index (Phi) is 10.0. The number of fused-ring (bicyclic) bond motifs is 5. The molecule has 6 aromatic rings. The summed E-state index contributed by atoms with van der Waals surface area (Å²) in [6.07, 6.45) is 10.1. The van der Waals surface area contributed by atoms with Crippen LogP contribution in [0.25, 0.3) is 45.5 Å². The second-order valence-corrected chi connectivity index (χ2v) is 28.1. The van der Waals surface area contributed by atoms with Gasteiger partial charge in [0, 0.05) is 0 Å². The molecule has 2 atom stereocenters. The molecule has 0 saturated carbocycles. The predicted octanol–water partition coefficient (Wildman–Crippen LogP) is 12.1. The van der Waals surface area contributed by atoms with Crippen LogP contribution >= 0.6 is 0 Å². The Labute approximate surface area is 346 Å². The van der Waals surface area contributed by atoms with Gasteiger partial charge in [-0.25, -0.2) is 0 Å². The summed E-state index contributed by atoms with van der Waals surface area (Å²) in [6.45, 7) is 18.6. The first-order valence-corrected chi connectivity index (χ1v) is 28.5. The van der Waals surface area contributed by atoms with Gasteiger partial charge < -0.3 is 0 Å². The van der Waals surface area contributed by atoms with Crippen LogP contribution in [-0.4, -0.2) is 9.52 Å². The van der Waals surface area contributed by atoms with Crippen molar-refractivity contribution in [2.24, 2.45) is 0 Å². The van der Waals surface area contributed by atoms with Gasteiger partial charge in [0.05, 0.1) is 0 Å². The van der Waals surface area contributed by atoms with E-state index in [1.165, 1.54) is 98.0 Å². The molecule has 279 valence electrons. The fourth-order valence-electron chi connectivity index (χ4n) is 10.5. The summed E-state index contributed by atoms with van der Waals surface area (Å²) >= 11 is -3.09. The molecule has 0 nitrogen and oxygen atoms in total. The number of aryl methyl sites for hydroxylation is 2. The van der Waals surface area contributed by atoms with E-state index in [-0.39, 0.29) is 0 Å². The van der Waals surface area contributed by atoms with E-state index in [2.05, 4.69) is 171 Å². The Hall–Kier alpha value is -4.11. The second kappa shape index (κ2) is 15.0. The molecule has 0 amide bonds. The van der Waals surface area contributed by atoms with Crippen molar-refractivity contribution in [3.05, 3.63) is 170 Å². The van der Waals surface area contributed by atoms with Crippen molar-refractivity contribution in [2.45, 2.75) is 88.4 Å². The van der Waals surface area contributed by atoms with Crippen LogP contribution in [-0.2, 0) is 21.4 Å². The summed E-state index contributed by atoms with van der Waals surface area (Å²) in [5.74, 6) is 0. The zero-order chi connectivity index (χ0) is 38.8. The topological polar surface area (TPSA) is 0 Å². The summed E-state index contributed by atoms with van der Waals surface area (Å²) < 4.78 is 2.83. The molecule has 0 spiro atoms. The average molecular weight is 911 g/mol. The maximum atomic E-state index is 2.70. The SMILES string of the molecule is CCCC1=Cc2c(-c3ccc(C)c(C)c3C)cccc2[CH]1[Hf]([c]1cccc2c1[SiH2]c1ccccc1-2)[CH]1C(CCC)=Cc2c(-c3ccc(C)c(C)c3C)cccc21. The van der Waals surface area contributed by atoms with Gasteiger partial charge >= 0.3 is 349 Å². The van der Waals surface area contributed by atoms with E-state index in [0.29, 0.717) is 7.35 Å².